The Bertz CT molecular complexity index is 724. The first-order valence-corrected chi connectivity index (χ1v) is 11.2. The highest BCUT2D eigenvalue weighted by molar-refractivity contribution is 7.98. The summed E-state index contributed by atoms with van der Waals surface area (Å²) in [5.74, 6) is 1.06. The van der Waals surface area contributed by atoms with Crippen LogP contribution in [0.15, 0.2) is 29.2 Å². The zero-order chi connectivity index (χ0) is 19.2. The van der Waals surface area contributed by atoms with Crippen LogP contribution in [0.25, 0.3) is 0 Å². The number of ketones is 1. The van der Waals surface area contributed by atoms with E-state index in [0.29, 0.717) is 43.9 Å². The molecule has 0 radical (unpaired) electrons. The molecule has 144 valence electrons. The summed E-state index contributed by atoms with van der Waals surface area (Å²) in [6, 6.07) is 5.16. The zero-order valence-electron chi connectivity index (χ0n) is 14.9. The van der Waals surface area contributed by atoms with Crippen LogP contribution in [-0.2, 0) is 19.6 Å². The molecular formula is C17H24N2O5S2. The van der Waals surface area contributed by atoms with Crippen LogP contribution >= 0.6 is 11.8 Å². The number of hydrogen-bond donors (Lipinski definition) is 1. The molecule has 1 N–H and O–H groups in total. The lowest BCUT2D eigenvalue weighted by Gasteiger charge is -2.30. The first-order chi connectivity index (χ1) is 12.4. The molecule has 1 aromatic rings. The van der Waals surface area contributed by atoms with Crippen LogP contribution in [0.2, 0.25) is 0 Å². The van der Waals surface area contributed by atoms with Crippen molar-refractivity contribution in [3.63, 3.8) is 0 Å². The highest BCUT2D eigenvalue weighted by Gasteiger charge is 2.30. The van der Waals surface area contributed by atoms with Crippen LogP contribution in [0.5, 0.6) is 5.75 Å². The number of benzene rings is 1. The summed E-state index contributed by atoms with van der Waals surface area (Å²) in [6.07, 6.45) is 2.94. The van der Waals surface area contributed by atoms with Crippen LogP contribution in [0.4, 0.5) is 0 Å². The highest BCUT2D eigenvalue weighted by atomic mass is 32.2. The lowest BCUT2D eigenvalue weighted by molar-refractivity contribution is -0.136. The molecule has 1 aliphatic heterocycles. The van der Waals surface area contributed by atoms with Gasteiger partial charge in [-0.25, -0.2) is 8.42 Å². The van der Waals surface area contributed by atoms with Gasteiger partial charge in [-0.2, -0.15) is 16.5 Å². The van der Waals surface area contributed by atoms with Crippen molar-refractivity contribution in [2.45, 2.75) is 30.2 Å². The first-order valence-electron chi connectivity index (χ1n) is 8.33. The molecule has 9 heteroatoms. The average molecular weight is 401 g/mol. The number of carbonyl (C=O) groups excluding carboxylic acids is 2. The van der Waals surface area contributed by atoms with Crippen LogP contribution in [0.3, 0.4) is 0 Å². The molecular weight excluding hydrogens is 376 g/mol. The van der Waals surface area contributed by atoms with Gasteiger partial charge in [-0.1, -0.05) is 0 Å². The summed E-state index contributed by atoms with van der Waals surface area (Å²) in [5, 5.41) is 0. The number of sulfonamides is 1. The lowest BCUT2D eigenvalue weighted by Crippen LogP contribution is -2.51. The predicted octanol–water partition coefficient (Wildman–Crippen LogP) is 1.29. The number of thioether (sulfide) groups is 1. The van der Waals surface area contributed by atoms with Gasteiger partial charge in [-0.05, 0) is 42.7 Å². The number of ether oxygens (including phenoxy) is 1. The predicted molar refractivity (Wildman–Crippen MR) is 101 cm³/mol. The van der Waals surface area contributed by atoms with E-state index in [0.717, 1.165) is 0 Å². The Labute approximate surface area is 158 Å². The molecule has 0 aromatic heterocycles. The summed E-state index contributed by atoms with van der Waals surface area (Å²) in [7, 11) is -2.34. The number of piperidine rings is 1. The van der Waals surface area contributed by atoms with E-state index in [1.165, 1.54) is 19.2 Å². The van der Waals surface area contributed by atoms with Gasteiger partial charge in [0.2, 0.25) is 15.9 Å². The second-order valence-corrected chi connectivity index (χ2v) is 8.69. The number of nitrogens with one attached hydrogen (secondary N) is 1. The molecule has 26 heavy (non-hydrogen) atoms. The fourth-order valence-corrected chi connectivity index (χ4v) is 4.37. The van der Waals surface area contributed by atoms with E-state index in [-0.39, 0.29) is 16.6 Å². The van der Waals surface area contributed by atoms with Crippen LogP contribution in [0.1, 0.15) is 19.3 Å². The molecule has 0 aliphatic carbocycles. The Hall–Kier alpha value is -1.58. The van der Waals surface area contributed by atoms with E-state index >= 15 is 0 Å². The number of hydrogen-bond acceptors (Lipinski definition) is 6. The summed E-state index contributed by atoms with van der Waals surface area (Å²) in [6.45, 7) is 0.690. The maximum Gasteiger partial charge on any atom is 0.241 e. The Balaban J connectivity index is 2.14. The average Bonchev–Trinajstić information content (AvgIpc) is 2.65. The van der Waals surface area contributed by atoms with E-state index < -0.39 is 16.1 Å². The minimum atomic E-state index is -3.84. The molecule has 1 aromatic carbocycles. The van der Waals surface area contributed by atoms with Crippen molar-refractivity contribution in [2.24, 2.45) is 0 Å². The highest BCUT2D eigenvalue weighted by Crippen LogP contribution is 2.17. The lowest BCUT2D eigenvalue weighted by atomic mass is 10.1. The maximum atomic E-state index is 12.8. The second-order valence-electron chi connectivity index (χ2n) is 5.99. The second kappa shape index (κ2) is 9.38. The van der Waals surface area contributed by atoms with Crippen molar-refractivity contribution >= 4 is 33.5 Å². The molecule has 1 heterocycles. The van der Waals surface area contributed by atoms with Crippen molar-refractivity contribution in [1.82, 2.24) is 9.62 Å². The van der Waals surface area contributed by atoms with Gasteiger partial charge in [0.05, 0.1) is 12.0 Å². The Morgan fingerprint density at radius 1 is 1.27 bits per heavy atom. The van der Waals surface area contributed by atoms with Gasteiger partial charge in [0.1, 0.15) is 17.6 Å². The Morgan fingerprint density at radius 3 is 2.42 bits per heavy atom. The minimum Gasteiger partial charge on any atom is -0.497 e. The number of nitrogens with zero attached hydrogens (tertiary/aromatic N) is 1. The fraction of sp³-hybridized carbons (Fsp3) is 0.529. The summed E-state index contributed by atoms with van der Waals surface area (Å²) in [5.41, 5.74) is 0. The van der Waals surface area contributed by atoms with E-state index in [9.17, 15) is 18.0 Å². The summed E-state index contributed by atoms with van der Waals surface area (Å²) >= 11 is 1.54. The van der Waals surface area contributed by atoms with Gasteiger partial charge in [0.15, 0.2) is 0 Å². The van der Waals surface area contributed by atoms with Crippen LogP contribution < -0.4 is 9.46 Å². The summed E-state index contributed by atoms with van der Waals surface area (Å²) in [4.78, 5) is 25.8. The van der Waals surface area contributed by atoms with Crippen molar-refractivity contribution in [1.29, 1.82) is 0 Å². The molecule has 0 saturated carbocycles. The number of carbonyl (C=O) groups is 2. The van der Waals surface area contributed by atoms with Crippen LogP contribution in [0, 0.1) is 0 Å². The molecule has 1 amide bonds. The molecule has 1 unspecified atom stereocenters. The zero-order valence-corrected chi connectivity index (χ0v) is 16.6. The monoisotopic (exact) mass is 400 g/mol. The third-order valence-corrected chi connectivity index (χ3v) is 6.34. The van der Waals surface area contributed by atoms with Gasteiger partial charge in [0.25, 0.3) is 0 Å². The topological polar surface area (TPSA) is 92.8 Å². The van der Waals surface area contributed by atoms with Gasteiger partial charge < -0.3 is 9.64 Å². The maximum absolute atomic E-state index is 12.8. The normalized spacial score (nSPS) is 16.4. The first kappa shape index (κ1) is 20.7. The smallest absolute Gasteiger partial charge is 0.241 e. The van der Waals surface area contributed by atoms with Crippen molar-refractivity contribution in [3.8, 4) is 5.75 Å². The number of rotatable bonds is 8. The van der Waals surface area contributed by atoms with Gasteiger partial charge in [-0.15, -0.1) is 0 Å². The summed E-state index contributed by atoms with van der Waals surface area (Å²) < 4.78 is 32.9. The fourth-order valence-electron chi connectivity index (χ4n) is 2.68. The third kappa shape index (κ3) is 5.46. The molecule has 1 aliphatic rings. The molecule has 1 fully saturated rings. The SMILES string of the molecule is COc1ccc(S(=O)(=O)NC(CCSC)C(=O)N2CCC(=O)CC2)cc1. The molecule has 2 rings (SSSR count). The quantitative estimate of drug-likeness (QED) is 0.707. The third-order valence-electron chi connectivity index (χ3n) is 4.21. The largest absolute Gasteiger partial charge is 0.497 e. The number of Topliss-reactive ketones (excluding diaryl/α,β-unsaturated/α-hetero) is 1. The number of likely N-dealkylation sites (tertiary alicyclic amines) is 1. The minimum absolute atomic E-state index is 0.0778. The molecule has 0 spiro atoms. The van der Waals surface area contributed by atoms with Gasteiger partial charge >= 0.3 is 0 Å². The molecule has 7 nitrogen and oxygen atoms in total. The molecule has 1 saturated heterocycles. The van der Waals surface area contributed by atoms with Crippen molar-refractivity contribution in [2.75, 3.05) is 32.2 Å². The molecule has 1 atom stereocenters. The van der Waals surface area contributed by atoms with Crippen molar-refractivity contribution < 1.29 is 22.7 Å². The van der Waals surface area contributed by atoms with E-state index in [1.807, 2.05) is 6.26 Å². The Kier molecular flexibility index (Phi) is 7.48. The number of methoxy groups -OCH3 is 1. The van der Waals surface area contributed by atoms with E-state index in [2.05, 4.69) is 4.72 Å². The van der Waals surface area contributed by atoms with E-state index in [4.69, 9.17) is 4.74 Å². The van der Waals surface area contributed by atoms with Gasteiger partial charge in [-0.3, -0.25) is 9.59 Å². The number of amides is 1. The standard InChI is InChI=1S/C17H24N2O5S2/c1-24-14-3-5-15(6-4-14)26(22,23)18-16(9-12-25-2)17(21)19-10-7-13(20)8-11-19/h3-6,16,18H,7-12H2,1-2H3. The molecule has 0 bridgehead atoms. The van der Waals surface area contributed by atoms with Crippen molar-refractivity contribution in [3.05, 3.63) is 24.3 Å². The van der Waals surface area contributed by atoms with E-state index in [1.54, 1.807) is 28.8 Å². The Morgan fingerprint density at radius 2 is 1.88 bits per heavy atom. The van der Waals surface area contributed by atoms with Crippen LogP contribution in [-0.4, -0.2) is 63.3 Å². The van der Waals surface area contributed by atoms with Gasteiger partial charge in [0, 0.05) is 25.9 Å².